The quantitative estimate of drug-likeness (QED) is 0.202. The molecule has 4 aromatic carbocycles. The number of nitrogens with zero attached hydrogens (tertiary/aromatic N) is 3. The van der Waals surface area contributed by atoms with Gasteiger partial charge in [-0.3, -0.25) is 14.9 Å². The predicted molar refractivity (Wildman–Crippen MR) is 143 cm³/mol. The Morgan fingerprint density at radius 2 is 1.36 bits per heavy atom. The van der Waals surface area contributed by atoms with Gasteiger partial charge in [-0.25, -0.2) is 0 Å². The van der Waals surface area contributed by atoms with Crippen molar-refractivity contribution in [2.45, 2.75) is 0 Å². The van der Waals surface area contributed by atoms with Crippen molar-refractivity contribution >= 4 is 22.9 Å². The monoisotopic (exact) mass is 491 g/mol. The minimum atomic E-state index is -0.527. The van der Waals surface area contributed by atoms with Gasteiger partial charge < -0.3 is 4.57 Å². The SMILES string of the molecule is Cn1c(-c2ccc(-c3ccccc3)cc2)c(-c2ccccc2)sc1=NC(=O)c1cccc([N+](=O)[O-])c1. The summed E-state index contributed by atoms with van der Waals surface area (Å²) in [5, 5.41) is 11.1. The number of carbonyl (C=O) groups excluding carboxylic acids is 1. The Hall–Kier alpha value is -4.62. The first-order valence-corrected chi connectivity index (χ1v) is 12.1. The van der Waals surface area contributed by atoms with Crippen LogP contribution in [-0.4, -0.2) is 15.4 Å². The molecule has 176 valence electrons. The lowest BCUT2D eigenvalue weighted by atomic mass is 10.0. The van der Waals surface area contributed by atoms with Crippen LogP contribution in [-0.2, 0) is 7.05 Å². The number of hydrogen-bond donors (Lipinski definition) is 0. The van der Waals surface area contributed by atoms with Crippen molar-refractivity contribution in [2.75, 3.05) is 0 Å². The highest BCUT2D eigenvalue weighted by molar-refractivity contribution is 7.13. The molecule has 7 heteroatoms. The molecule has 1 aromatic heterocycles. The van der Waals surface area contributed by atoms with Gasteiger partial charge in [0.2, 0.25) is 0 Å². The van der Waals surface area contributed by atoms with Gasteiger partial charge in [0.15, 0.2) is 4.80 Å². The van der Waals surface area contributed by atoms with Gasteiger partial charge in [-0.15, -0.1) is 0 Å². The number of thiazole rings is 1. The topological polar surface area (TPSA) is 77.5 Å². The molecule has 5 rings (SSSR count). The molecule has 0 aliphatic heterocycles. The fourth-order valence-corrected chi connectivity index (χ4v) is 5.16. The van der Waals surface area contributed by atoms with Gasteiger partial charge in [0, 0.05) is 24.7 Å². The predicted octanol–water partition coefficient (Wildman–Crippen LogP) is 6.74. The van der Waals surface area contributed by atoms with Crippen LogP contribution in [0.15, 0.2) is 114 Å². The van der Waals surface area contributed by atoms with Crippen LogP contribution in [0.1, 0.15) is 10.4 Å². The molecule has 0 saturated carbocycles. The summed E-state index contributed by atoms with van der Waals surface area (Å²) in [5.41, 5.74) is 5.24. The second kappa shape index (κ2) is 9.93. The van der Waals surface area contributed by atoms with Gasteiger partial charge in [-0.2, -0.15) is 4.99 Å². The molecule has 0 atom stereocenters. The van der Waals surface area contributed by atoms with Crippen molar-refractivity contribution in [3.63, 3.8) is 0 Å². The Balaban J connectivity index is 1.62. The normalized spacial score (nSPS) is 11.4. The second-order valence-corrected chi connectivity index (χ2v) is 9.13. The number of amides is 1. The van der Waals surface area contributed by atoms with E-state index in [0.717, 1.165) is 32.8 Å². The summed E-state index contributed by atoms with van der Waals surface area (Å²) in [4.78, 5) is 29.4. The van der Waals surface area contributed by atoms with E-state index in [0.29, 0.717) is 4.80 Å². The van der Waals surface area contributed by atoms with Gasteiger partial charge >= 0.3 is 0 Å². The van der Waals surface area contributed by atoms with Crippen molar-refractivity contribution in [2.24, 2.45) is 12.0 Å². The van der Waals surface area contributed by atoms with E-state index in [4.69, 9.17) is 0 Å². The molecule has 0 spiro atoms. The van der Waals surface area contributed by atoms with Crippen molar-refractivity contribution in [3.8, 4) is 32.8 Å². The molecule has 0 unspecified atom stereocenters. The smallest absolute Gasteiger partial charge is 0.279 e. The third-order valence-corrected chi connectivity index (χ3v) is 7.01. The van der Waals surface area contributed by atoms with Crippen molar-refractivity contribution in [1.82, 2.24) is 4.57 Å². The van der Waals surface area contributed by atoms with Crippen LogP contribution in [0.5, 0.6) is 0 Å². The number of non-ortho nitro benzene ring substituents is 1. The standard InChI is InChI=1S/C29H21N3O3S/c1-31-26(22-17-15-21(16-18-22)20-9-4-2-5-10-20)27(23-11-6-3-7-12-23)36-29(31)30-28(33)24-13-8-14-25(19-24)32(34)35/h2-19H,1H3. The van der Waals surface area contributed by atoms with E-state index in [1.54, 1.807) is 0 Å². The largest absolute Gasteiger partial charge is 0.319 e. The Kier molecular flexibility index (Phi) is 6.38. The zero-order chi connectivity index (χ0) is 25.1. The van der Waals surface area contributed by atoms with Crippen molar-refractivity contribution in [3.05, 3.63) is 130 Å². The third kappa shape index (κ3) is 4.64. The minimum absolute atomic E-state index is 0.143. The minimum Gasteiger partial charge on any atom is -0.319 e. The van der Waals surface area contributed by atoms with Gasteiger partial charge in [-0.05, 0) is 28.3 Å². The number of nitro groups is 1. The van der Waals surface area contributed by atoms with E-state index in [9.17, 15) is 14.9 Å². The Bertz CT molecular complexity index is 1620. The number of nitro benzene ring substituents is 1. The first kappa shape index (κ1) is 23.1. The van der Waals surface area contributed by atoms with Crippen LogP contribution in [0.3, 0.4) is 0 Å². The zero-order valence-electron chi connectivity index (χ0n) is 19.4. The molecule has 0 radical (unpaired) electrons. The summed E-state index contributed by atoms with van der Waals surface area (Å²) in [6, 6.07) is 34.1. The molecular weight excluding hydrogens is 470 g/mol. The molecule has 36 heavy (non-hydrogen) atoms. The zero-order valence-corrected chi connectivity index (χ0v) is 20.2. The van der Waals surface area contributed by atoms with Gasteiger partial charge in [0.1, 0.15) is 0 Å². The fourth-order valence-electron chi connectivity index (χ4n) is 4.02. The number of benzene rings is 4. The molecule has 6 nitrogen and oxygen atoms in total. The average Bonchev–Trinajstić information content (AvgIpc) is 3.25. The Morgan fingerprint density at radius 1 is 0.778 bits per heavy atom. The highest BCUT2D eigenvalue weighted by Crippen LogP contribution is 2.35. The first-order valence-electron chi connectivity index (χ1n) is 11.3. The van der Waals surface area contributed by atoms with E-state index >= 15 is 0 Å². The maximum absolute atomic E-state index is 12.9. The number of carbonyl (C=O) groups is 1. The lowest BCUT2D eigenvalue weighted by molar-refractivity contribution is -0.384. The molecular formula is C29H21N3O3S. The molecule has 0 aliphatic rings. The lowest BCUT2D eigenvalue weighted by Crippen LogP contribution is -2.14. The highest BCUT2D eigenvalue weighted by Gasteiger charge is 2.17. The first-order chi connectivity index (χ1) is 17.5. The maximum atomic E-state index is 12.9. The van der Waals surface area contributed by atoms with Gasteiger partial charge in [0.25, 0.3) is 11.6 Å². The van der Waals surface area contributed by atoms with Gasteiger partial charge in [-0.1, -0.05) is 102 Å². The summed E-state index contributed by atoms with van der Waals surface area (Å²) >= 11 is 1.41. The molecule has 1 amide bonds. The van der Waals surface area contributed by atoms with Crippen molar-refractivity contribution < 1.29 is 9.72 Å². The Labute approximate surface area is 211 Å². The van der Waals surface area contributed by atoms with E-state index in [-0.39, 0.29) is 11.3 Å². The molecule has 0 fully saturated rings. The molecule has 5 aromatic rings. The van der Waals surface area contributed by atoms with E-state index in [2.05, 4.69) is 41.4 Å². The lowest BCUT2D eigenvalue weighted by Gasteiger charge is -2.09. The number of rotatable bonds is 5. The summed E-state index contributed by atoms with van der Waals surface area (Å²) in [5.74, 6) is -0.527. The molecule has 0 saturated heterocycles. The third-order valence-electron chi connectivity index (χ3n) is 5.83. The number of hydrogen-bond acceptors (Lipinski definition) is 4. The van der Waals surface area contributed by atoms with Crippen LogP contribution in [0.2, 0.25) is 0 Å². The molecule has 0 N–H and O–H groups in total. The second-order valence-electron chi connectivity index (χ2n) is 8.16. The average molecular weight is 492 g/mol. The van der Waals surface area contributed by atoms with E-state index in [1.807, 2.05) is 60.1 Å². The fraction of sp³-hybridized carbons (Fsp3) is 0.0345. The molecule has 0 bridgehead atoms. The van der Waals surface area contributed by atoms with E-state index < -0.39 is 10.8 Å². The molecule has 0 aliphatic carbocycles. The van der Waals surface area contributed by atoms with Crippen LogP contribution in [0.4, 0.5) is 5.69 Å². The van der Waals surface area contributed by atoms with Gasteiger partial charge in [0.05, 0.1) is 15.5 Å². The molecule has 1 heterocycles. The van der Waals surface area contributed by atoms with Crippen LogP contribution >= 0.6 is 11.3 Å². The Morgan fingerprint density at radius 3 is 2.00 bits per heavy atom. The summed E-state index contributed by atoms with van der Waals surface area (Å²) in [6.07, 6.45) is 0. The van der Waals surface area contributed by atoms with Crippen LogP contribution in [0, 0.1) is 10.1 Å². The number of aromatic nitrogens is 1. The maximum Gasteiger partial charge on any atom is 0.279 e. The summed E-state index contributed by atoms with van der Waals surface area (Å²) < 4.78 is 1.90. The van der Waals surface area contributed by atoms with Crippen molar-refractivity contribution in [1.29, 1.82) is 0 Å². The highest BCUT2D eigenvalue weighted by atomic mass is 32.1. The summed E-state index contributed by atoms with van der Waals surface area (Å²) in [7, 11) is 1.88. The van der Waals surface area contributed by atoms with Crippen LogP contribution in [0.25, 0.3) is 32.8 Å². The van der Waals surface area contributed by atoms with Crippen LogP contribution < -0.4 is 4.80 Å². The summed E-state index contributed by atoms with van der Waals surface area (Å²) in [6.45, 7) is 0. The van der Waals surface area contributed by atoms with E-state index in [1.165, 1.54) is 35.6 Å².